The maximum Gasteiger partial charge on any atom is 0.268 e. The van der Waals surface area contributed by atoms with Crippen LogP contribution in [-0.2, 0) is 0 Å². The number of aryl methyl sites for hydroxylation is 1. The number of nitrogens with zero attached hydrogens (tertiary/aromatic N) is 4. The number of hydrogen-bond donors (Lipinski definition) is 0. The first-order chi connectivity index (χ1) is 14.0. The average molecular weight is 392 g/mol. The lowest BCUT2D eigenvalue weighted by atomic mass is 10.1. The van der Waals surface area contributed by atoms with Crippen LogP contribution in [0.4, 0.5) is 0 Å². The molecule has 4 rings (SSSR count). The largest absolute Gasteiger partial charge is 0.454 e. The number of benzene rings is 1. The third kappa shape index (κ3) is 3.33. The Hall–Kier alpha value is -3.68. The molecule has 3 heterocycles. The number of fused-ring (bicyclic) bond motifs is 1. The fourth-order valence-corrected chi connectivity index (χ4v) is 3.22. The Morgan fingerprint density at radius 3 is 2.76 bits per heavy atom. The Labute approximate surface area is 167 Å². The second-order valence-corrected chi connectivity index (χ2v) is 6.81. The fraction of sp³-hybridized carbons (Fsp3) is 0.238. The Morgan fingerprint density at radius 2 is 2.00 bits per heavy atom. The zero-order chi connectivity index (χ0) is 20.5. The molecule has 0 spiro atoms. The van der Waals surface area contributed by atoms with Gasteiger partial charge in [0.15, 0.2) is 11.5 Å². The van der Waals surface area contributed by atoms with E-state index < -0.39 is 5.56 Å². The third-order valence-corrected chi connectivity index (χ3v) is 5.08. The van der Waals surface area contributed by atoms with E-state index >= 15 is 0 Å². The minimum absolute atomic E-state index is 0.119. The lowest BCUT2D eigenvalue weighted by Crippen LogP contribution is -2.36. The number of rotatable bonds is 4. The van der Waals surface area contributed by atoms with Crippen LogP contribution < -0.4 is 15.0 Å². The van der Waals surface area contributed by atoms with E-state index in [1.54, 1.807) is 56.7 Å². The highest BCUT2D eigenvalue weighted by molar-refractivity contribution is 5.95. The van der Waals surface area contributed by atoms with Crippen LogP contribution in [0.3, 0.4) is 0 Å². The summed E-state index contributed by atoms with van der Waals surface area (Å²) in [5.74, 6) is 0.828. The predicted octanol–water partition coefficient (Wildman–Crippen LogP) is 2.50. The molecule has 0 saturated carbocycles. The van der Waals surface area contributed by atoms with Gasteiger partial charge in [0.1, 0.15) is 11.9 Å². The van der Waals surface area contributed by atoms with Gasteiger partial charge in [-0.05, 0) is 43.7 Å². The summed E-state index contributed by atoms with van der Waals surface area (Å²) >= 11 is 0. The minimum atomic E-state index is -0.393. The molecule has 3 aromatic rings. The topological polar surface area (TPSA) is 86.5 Å². The maximum atomic E-state index is 13.2. The lowest BCUT2D eigenvalue weighted by molar-refractivity contribution is 0.0736. The van der Waals surface area contributed by atoms with E-state index in [2.05, 4.69) is 9.97 Å². The third-order valence-electron chi connectivity index (χ3n) is 5.08. The van der Waals surface area contributed by atoms with Crippen molar-refractivity contribution in [2.45, 2.75) is 19.9 Å². The van der Waals surface area contributed by atoms with E-state index in [-0.39, 0.29) is 24.3 Å². The van der Waals surface area contributed by atoms with Crippen molar-refractivity contribution >= 4 is 5.91 Å². The zero-order valence-corrected chi connectivity index (χ0v) is 16.3. The van der Waals surface area contributed by atoms with E-state index in [4.69, 9.17) is 9.47 Å². The number of amides is 1. The van der Waals surface area contributed by atoms with Crippen molar-refractivity contribution in [2.75, 3.05) is 13.8 Å². The van der Waals surface area contributed by atoms with Gasteiger partial charge >= 0.3 is 0 Å². The SMILES string of the molecule is Cc1ccn(-c2ccc3c(c2)OCO3)c(=O)c1C(=O)N(C)C(C)c1ccncn1. The van der Waals surface area contributed by atoms with Crippen molar-refractivity contribution in [1.82, 2.24) is 19.4 Å². The molecule has 8 nitrogen and oxygen atoms in total. The van der Waals surface area contributed by atoms with Gasteiger partial charge in [0, 0.05) is 25.5 Å². The molecule has 1 amide bonds. The Kier molecular flexibility index (Phi) is 4.75. The number of hydrogen-bond acceptors (Lipinski definition) is 6. The molecule has 8 heteroatoms. The van der Waals surface area contributed by atoms with E-state index in [0.717, 1.165) is 0 Å². The van der Waals surface area contributed by atoms with Gasteiger partial charge in [-0.3, -0.25) is 14.2 Å². The minimum Gasteiger partial charge on any atom is -0.454 e. The molecule has 1 unspecified atom stereocenters. The number of carbonyl (C=O) groups is 1. The summed E-state index contributed by atoms with van der Waals surface area (Å²) in [6, 6.07) is 8.41. The van der Waals surface area contributed by atoms with E-state index in [9.17, 15) is 9.59 Å². The Bertz CT molecular complexity index is 1130. The van der Waals surface area contributed by atoms with Gasteiger partial charge in [0.25, 0.3) is 11.5 Å². The molecule has 0 bridgehead atoms. The van der Waals surface area contributed by atoms with Crippen molar-refractivity contribution in [2.24, 2.45) is 0 Å². The molecular weight excluding hydrogens is 372 g/mol. The van der Waals surface area contributed by atoms with Crippen molar-refractivity contribution in [3.63, 3.8) is 0 Å². The predicted molar refractivity (Wildman–Crippen MR) is 105 cm³/mol. The molecule has 0 aliphatic carbocycles. The smallest absolute Gasteiger partial charge is 0.268 e. The van der Waals surface area contributed by atoms with Crippen molar-refractivity contribution in [1.29, 1.82) is 0 Å². The van der Waals surface area contributed by atoms with Crippen molar-refractivity contribution in [3.05, 3.63) is 76.2 Å². The van der Waals surface area contributed by atoms with Crippen LogP contribution in [0.2, 0.25) is 0 Å². The summed E-state index contributed by atoms with van der Waals surface area (Å²) in [6.45, 7) is 3.76. The normalized spacial score (nSPS) is 13.2. The van der Waals surface area contributed by atoms with Crippen LogP contribution in [-0.4, -0.2) is 39.2 Å². The molecule has 0 fully saturated rings. The highest BCUT2D eigenvalue weighted by atomic mass is 16.7. The van der Waals surface area contributed by atoms with Gasteiger partial charge in [0.05, 0.1) is 17.4 Å². The van der Waals surface area contributed by atoms with Crippen molar-refractivity contribution in [3.8, 4) is 17.2 Å². The highest BCUT2D eigenvalue weighted by Gasteiger charge is 2.25. The van der Waals surface area contributed by atoms with Crippen LogP contribution in [0.25, 0.3) is 5.69 Å². The molecule has 0 N–H and O–H groups in total. The Balaban J connectivity index is 1.72. The number of pyridine rings is 1. The van der Waals surface area contributed by atoms with Gasteiger partial charge in [-0.15, -0.1) is 0 Å². The molecule has 0 radical (unpaired) electrons. The molecule has 1 aliphatic rings. The fourth-order valence-electron chi connectivity index (χ4n) is 3.22. The quantitative estimate of drug-likeness (QED) is 0.678. The summed E-state index contributed by atoms with van der Waals surface area (Å²) in [5, 5.41) is 0. The van der Waals surface area contributed by atoms with Gasteiger partial charge in [-0.2, -0.15) is 0 Å². The van der Waals surface area contributed by atoms with Crippen LogP contribution in [0.15, 0.2) is 53.8 Å². The molecule has 1 atom stereocenters. The summed E-state index contributed by atoms with van der Waals surface area (Å²) in [6.07, 6.45) is 4.71. The number of aromatic nitrogens is 3. The number of ether oxygens (including phenoxy) is 2. The summed E-state index contributed by atoms with van der Waals surface area (Å²) in [5.41, 5.74) is 1.63. The van der Waals surface area contributed by atoms with Crippen LogP contribution in [0.5, 0.6) is 11.5 Å². The second-order valence-electron chi connectivity index (χ2n) is 6.81. The van der Waals surface area contributed by atoms with Crippen LogP contribution >= 0.6 is 0 Å². The standard InChI is InChI=1S/C21H20N4O4/c1-13-7-9-25(15-4-5-17-18(10-15)29-12-28-17)21(27)19(13)20(26)24(3)14(2)16-6-8-22-11-23-16/h4-11,14H,12H2,1-3H3. The molecule has 148 valence electrons. The van der Waals surface area contributed by atoms with E-state index in [0.29, 0.717) is 28.4 Å². The summed E-state index contributed by atoms with van der Waals surface area (Å²) in [4.78, 5) is 36.0. The van der Waals surface area contributed by atoms with E-state index in [1.165, 1.54) is 15.8 Å². The first-order valence-electron chi connectivity index (χ1n) is 9.12. The molecule has 2 aromatic heterocycles. The number of carbonyl (C=O) groups excluding carboxylic acids is 1. The summed E-state index contributed by atoms with van der Waals surface area (Å²) < 4.78 is 12.2. The second kappa shape index (κ2) is 7.38. The van der Waals surface area contributed by atoms with E-state index in [1.807, 2.05) is 6.92 Å². The van der Waals surface area contributed by atoms with Gasteiger partial charge in [-0.1, -0.05) is 0 Å². The molecule has 29 heavy (non-hydrogen) atoms. The Morgan fingerprint density at radius 1 is 1.21 bits per heavy atom. The summed E-state index contributed by atoms with van der Waals surface area (Å²) in [7, 11) is 1.66. The van der Waals surface area contributed by atoms with Gasteiger partial charge < -0.3 is 14.4 Å². The molecule has 0 saturated heterocycles. The first kappa shape index (κ1) is 18.7. The van der Waals surface area contributed by atoms with Gasteiger partial charge in [-0.25, -0.2) is 9.97 Å². The van der Waals surface area contributed by atoms with Crippen LogP contribution in [0.1, 0.15) is 34.6 Å². The average Bonchev–Trinajstić information content (AvgIpc) is 3.21. The highest BCUT2D eigenvalue weighted by Crippen LogP contribution is 2.33. The zero-order valence-electron chi connectivity index (χ0n) is 16.3. The molecule has 1 aliphatic heterocycles. The van der Waals surface area contributed by atoms with Crippen LogP contribution in [0, 0.1) is 6.92 Å². The maximum absolute atomic E-state index is 13.2. The first-order valence-corrected chi connectivity index (χ1v) is 9.12. The van der Waals surface area contributed by atoms with Gasteiger partial charge in [0.2, 0.25) is 6.79 Å². The van der Waals surface area contributed by atoms with Crippen molar-refractivity contribution < 1.29 is 14.3 Å². The monoisotopic (exact) mass is 392 g/mol. The molecular formula is C21H20N4O4. The molecule has 1 aromatic carbocycles. The lowest BCUT2D eigenvalue weighted by Gasteiger charge is -2.25.